The number of anilines is 1. The van der Waals surface area contributed by atoms with Gasteiger partial charge in [-0.15, -0.1) is 0 Å². The minimum Gasteiger partial charge on any atom is -0.373 e. The summed E-state index contributed by atoms with van der Waals surface area (Å²) in [6.07, 6.45) is 1.21. The van der Waals surface area contributed by atoms with E-state index in [0.29, 0.717) is 17.6 Å². The molecule has 2 heterocycles. The van der Waals surface area contributed by atoms with Gasteiger partial charge < -0.3 is 4.74 Å². The summed E-state index contributed by atoms with van der Waals surface area (Å²) in [7, 11) is -3.68. The Labute approximate surface area is 131 Å². The van der Waals surface area contributed by atoms with Crippen LogP contribution in [0.1, 0.15) is 13.8 Å². The number of morpholine rings is 1. The molecule has 1 N–H and O–H groups in total. The van der Waals surface area contributed by atoms with Crippen molar-refractivity contribution in [3.05, 3.63) is 21.9 Å². The van der Waals surface area contributed by atoms with Gasteiger partial charge >= 0.3 is 10.2 Å². The van der Waals surface area contributed by atoms with Gasteiger partial charge in [0.05, 0.1) is 17.9 Å². The quantitative estimate of drug-likeness (QED) is 0.812. The number of nitrogens with one attached hydrogen (secondary N) is 1. The van der Waals surface area contributed by atoms with E-state index in [2.05, 4.69) is 25.6 Å². The smallest absolute Gasteiger partial charge is 0.301 e. The van der Waals surface area contributed by atoms with Gasteiger partial charge in [0.1, 0.15) is 0 Å². The molecule has 1 saturated heterocycles. The van der Waals surface area contributed by atoms with E-state index in [4.69, 9.17) is 16.3 Å². The van der Waals surface area contributed by atoms with Crippen LogP contribution >= 0.6 is 27.5 Å². The molecule has 1 aromatic heterocycles. The Bertz CT molecular complexity index is 589. The molecule has 6 nitrogen and oxygen atoms in total. The molecule has 1 fully saturated rings. The van der Waals surface area contributed by atoms with Crippen molar-refractivity contribution in [3.8, 4) is 0 Å². The maximum atomic E-state index is 12.4. The van der Waals surface area contributed by atoms with Gasteiger partial charge in [-0.25, -0.2) is 4.98 Å². The molecule has 0 bridgehead atoms. The highest BCUT2D eigenvalue weighted by molar-refractivity contribution is 9.10. The Morgan fingerprint density at radius 1 is 1.45 bits per heavy atom. The first kappa shape index (κ1) is 16.0. The molecule has 112 valence electrons. The Balaban J connectivity index is 2.20. The zero-order valence-electron chi connectivity index (χ0n) is 11.0. The van der Waals surface area contributed by atoms with Crippen molar-refractivity contribution >= 4 is 43.4 Å². The van der Waals surface area contributed by atoms with E-state index < -0.39 is 10.2 Å². The van der Waals surface area contributed by atoms with Gasteiger partial charge in [0.25, 0.3) is 0 Å². The number of halogens is 2. The summed E-state index contributed by atoms with van der Waals surface area (Å²) in [6.45, 7) is 4.29. The lowest BCUT2D eigenvalue weighted by molar-refractivity contribution is -0.0439. The van der Waals surface area contributed by atoms with Crippen LogP contribution in [0.3, 0.4) is 0 Å². The summed E-state index contributed by atoms with van der Waals surface area (Å²) in [5.41, 5.74) is 0.243. The Kier molecular flexibility index (Phi) is 4.91. The summed E-state index contributed by atoms with van der Waals surface area (Å²) in [4.78, 5) is 3.89. The van der Waals surface area contributed by atoms with Crippen LogP contribution in [0, 0.1) is 0 Å². The summed E-state index contributed by atoms with van der Waals surface area (Å²) in [5.74, 6) is 0. The maximum absolute atomic E-state index is 12.4. The van der Waals surface area contributed by atoms with Gasteiger partial charge in [0, 0.05) is 23.8 Å². The molecular formula is C11H15BrClN3O3S. The summed E-state index contributed by atoms with van der Waals surface area (Å²) >= 11 is 9.13. The second-order valence-electron chi connectivity index (χ2n) is 4.67. The first-order valence-corrected chi connectivity index (χ1v) is 8.63. The summed E-state index contributed by atoms with van der Waals surface area (Å²) < 4.78 is 34.7. The molecule has 1 aliphatic heterocycles. The molecule has 0 amide bonds. The van der Waals surface area contributed by atoms with Crippen molar-refractivity contribution in [3.63, 3.8) is 0 Å². The van der Waals surface area contributed by atoms with E-state index in [-0.39, 0.29) is 23.0 Å². The molecule has 2 atom stereocenters. The molecule has 1 aliphatic rings. The van der Waals surface area contributed by atoms with E-state index in [1.807, 2.05) is 13.8 Å². The third-order valence-corrected chi connectivity index (χ3v) is 4.96. The molecule has 0 radical (unpaired) electrons. The van der Waals surface area contributed by atoms with E-state index in [1.165, 1.54) is 10.5 Å². The van der Waals surface area contributed by atoms with Crippen molar-refractivity contribution in [1.29, 1.82) is 0 Å². The van der Waals surface area contributed by atoms with Crippen LogP contribution in [0.2, 0.25) is 5.15 Å². The molecule has 0 aliphatic carbocycles. The predicted molar refractivity (Wildman–Crippen MR) is 81.1 cm³/mol. The first-order chi connectivity index (χ1) is 9.28. The fourth-order valence-corrected chi connectivity index (χ4v) is 3.94. The van der Waals surface area contributed by atoms with E-state index in [9.17, 15) is 8.42 Å². The maximum Gasteiger partial charge on any atom is 0.301 e. The Morgan fingerprint density at radius 2 is 2.05 bits per heavy atom. The van der Waals surface area contributed by atoms with Crippen LogP contribution in [0.5, 0.6) is 0 Å². The summed E-state index contributed by atoms with van der Waals surface area (Å²) in [6, 6.07) is 1.57. The predicted octanol–water partition coefficient (Wildman–Crippen LogP) is 2.26. The number of hydrogen-bond acceptors (Lipinski definition) is 4. The highest BCUT2D eigenvalue weighted by Crippen LogP contribution is 2.25. The molecule has 0 aromatic carbocycles. The molecular weight excluding hydrogens is 370 g/mol. The van der Waals surface area contributed by atoms with Crippen molar-refractivity contribution in [2.45, 2.75) is 26.1 Å². The normalized spacial score (nSPS) is 24.6. The monoisotopic (exact) mass is 383 g/mol. The fourth-order valence-electron chi connectivity index (χ4n) is 2.02. The van der Waals surface area contributed by atoms with Gasteiger partial charge in [-0.2, -0.15) is 12.7 Å². The molecule has 2 rings (SSSR count). The molecule has 20 heavy (non-hydrogen) atoms. The highest BCUT2D eigenvalue weighted by atomic mass is 79.9. The van der Waals surface area contributed by atoms with Crippen LogP contribution in [-0.4, -0.2) is 43.0 Å². The van der Waals surface area contributed by atoms with Gasteiger partial charge in [-0.1, -0.05) is 11.6 Å². The highest BCUT2D eigenvalue weighted by Gasteiger charge is 2.31. The SMILES string of the molecule is CC1CN(S(=O)(=O)Nc2cc(Br)cnc2Cl)CC(C)O1. The van der Waals surface area contributed by atoms with Crippen molar-refractivity contribution in [1.82, 2.24) is 9.29 Å². The lowest BCUT2D eigenvalue weighted by Gasteiger charge is -2.34. The Hall–Kier alpha value is -0.410. The van der Waals surface area contributed by atoms with Gasteiger partial charge in [-0.05, 0) is 35.8 Å². The fraction of sp³-hybridized carbons (Fsp3) is 0.545. The van der Waals surface area contributed by atoms with E-state index in [0.717, 1.165) is 0 Å². The van der Waals surface area contributed by atoms with E-state index in [1.54, 1.807) is 6.07 Å². The lowest BCUT2D eigenvalue weighted by Crippen LogP contribution is -2.49. The molecule has 0 saturated carbocycles. The first-order valence-electron chi connectivity index (χ1n) is 6.02. The minimum atomic E-state index is -3.68. The van der Waals surface area contributed by atoms with Crippen LogP contribution in [-0.2, 0) is 14.9 Å². The van der Waals surface area contributed by atoms with Gasteiger partial charge in [0.2, 0.25) is 0 Å². The van der Waals surface area contributed by atoms with Gasteiger partial charge in [-0.3, -0.25) is 4.72 Å². The average Bonchev–Trinajstić information content (AvgIpc) is 2.32. The average molecular weight is 385 g/mol. The van der Waals surface area contributed by atoms with Crippen molar-refractivity contribution in [2.75, 3.05) is 17.8 Å². The van der Waals surface area contributed by atoms with Gasteiger partial charge in [0.15, 0.2) is 5.15 Å². The standard InChI is InChI=1S/C11H15BrClN3O3S/c1-7-5-16(6-8(2)19-7)20(17,18)15-10-3-9(12)4-14-11(10)13/h3-4,7-8,15H,5-6H2,1-2H3. The number of ether oxygens (including phenoxy) is 1. The number of hydrogen-bond donors (Lipinski definition) is 1. The third kappa shape index (κ3) is 3.82. The van der Waals surface area contributed by atoms with Crippen LogP contribution in [0.15, 0.2) is 16.7 Å². The number of aromatic nitrogens is 1. The van der Waals surface area contributed by atoms with Crippen molar-refractivity contribution in [2.24, 2.45) is 0 Å². The molecule has 1 aromatic rings. The third-order valence-electron chi connectivity index (χ3n) is 2.77. The van der Waals surface area contributed by atoms with E-state index >= 15 is 0 Å². The van der Waals surface area contributed by atoms with Crippen LogP contribution < -0.4 is 4.72 Å². The summed E-state index contributed by atoms with van der Waals surface area (Å²) in [5, 5.41) is 0.103. The molecule has 2 unspecified atom stereocenters. The van der Waals surface area contributed by atoms with Crippen LogP contribution in [0.4, 0.5) is 5.69 Å². The second-order valence-corrected chi connectivity index (χ2v) is 7.62. The largest absolute Gasteiger partial charge is 0.373 e. The topological polar surface area (TPSA) is 71.5 Å². The zero-order valence-corrected chi connectivity index (χ0v) is 14.2. The molecule has 0 spiro atoms. The van der Waals surface area contributed by atoms with Crippen molar-refractivity contribution < 1.29 is 13.2 Å². The number of nitrogens with zero attached hydrogens (tertiary/aromatic N) is 2. The lowest BCUT2D eigenvalue weighted by atomic mass is 10.3. The zero-order chi connectivity index (χ0) is 14.9. The number of rotatable bonds is 3. The second kappa shape index (κ2) is 6.15. The number of pyridine rings is 1. The molecule has 9 heteroatoms. The van der Waals surface area contributed by atoms with Crippen LogP contribution in [0.25, 0.3) is 0 Å². The minimum absolute atomic E-state index is 0.103. The Morgan fingerprint density at radius 3 is 2.65 bits per heavy atom.